The molecule has 1 saturated carbocycles. The SMILES string of the molecule is CC(C)(C)OC(=O)NC1CCN(C2(C)CC2)C1. The first-order valence-electron chi connectivity index (χ1n) is 6.53. The van der Waals surface area contributed by atoms with Crippen LogP contribution in [0.1, 0.15) is 47.0 Å². The van der Waals surface area contributed by atoms with Crippen molar-refractivity contribution in [1.82, 2.24) is 10.2 Å². The van der Waals surface area contributed by atoms with Gasteiger partial charge in [0.05, 0.1) is 0 Å². The smallest absolute Gasteiger partial charge is 0.407 e. The predicted molar refractivity (Wildman–Crippen MR) is 67.0 cm³/mol. The molecule has 1 aliphatic carbocycles. The lowest BCUT2D eigenvalue weighted by Crippen LogP contribution is -2.42. The second-order valence-electron chi connectivity index (χ2n) is 6.57. The maximum atomic E-state index is 11.6. The topological polar surface area (TPSA) is 41.6 Å². The minimum Gasteiger partial charge on any atom is -0.444 e. The molecular weight excluding hydrogens is 216 g/mol. The van der Waals surface area contributed by atoms with E-state index in [1.807, 2.05) is 20.8 Å². The molecule has 0 spiro atoms. The number of hydrogen-bond acceptors (Lipinski definition) is 3. The lowest BCUT2D eigenvalue weighted by molar-refractivity contribution is 0.0504. The summed E-state index contributed by atoms with van der Waals surface area (Å²) in [4.78, 5) is 14.1. The molecule has 0 radical (unpaired) electrons. The van der Waals surface area contributed by atoms with Gasteiger partial charge < -0.3 is 10.1 Å². The van der Waals surface area contributed by atoms with Gasteiger partial charge in [0.1, 0.15) is 5.60 Å². The summed E-state index contributed by atoms with van der Waals surface area (Å²) in [6.07, 6.45) is 3.35. The van der Waals surface area contributed by atoms with Crippen molar-refractivity contribution in [2.45, 2.75) is 64.1 Å². The van der Waals surface area contributed by atoms with Crippen LogP contribution in [0.4, 0.5) is 4.79 Å². The molecule has 1 aliphatic heterocycles. The van der Waals surface area contributed by atoms with Gasteiger partial charge in [-0.15, -0.1) is 0 Å². The first-order chi connectivity index (χ1) is 7.78. The first-order valence-corrected chi connectivity index (χ1v) is 6.53. The number of likely N-dealkylation sites (tertiary alicyclic amines) is 1. The van der Waals surface area contributed by atoms with Gasteiger partial charge in [0, 0.05) is 24.7 Å². The van der Waals surface area contributed by atoms with Crippen LogP contribution in [0.25, 0.3) is 0 Å². The van der Waals surface area contributed by atoms with E-state index in [2.05, 4.69) is 17.1 Å². The zero-order valence-corrected chi connectivity index (χ0v) is 11.4. The van der Waals surface area contributed by atoms with Gasteiger partial charge in [-0.05, 0) is 47.0 Å². The van der Waals surface area contributed by atoms with Crippen LogP contribution in [-0.4, -0.2) is 41.3 Å². The molecule has 4 nitrogen and oxygen atoms in total. The average molecular weight is 240 g/mol. The normalized spacial score (nSPS) is 27.9. The Labute approximate surface area is 104 Å². The molecule has 0 aromatic rings. The van der Waals surface area contributed by atoms with E-state index in [0.29, 0.717) is 5.54 Å². The number of carbonyl (C=O) groups is 1. The van der Waals surface area contributed by atoms with Crippen LogP contribution >= 0.6 is 0 Å². The predicted octanol–water partition coefficient (Wildman–Crippen LogP) is 2.14. The minimum absolute atomic E-state index is 0.252. The fourth-order valence-electron chi connectivity index (χ4n) is 2.34. The summed E-state index contributed by atoms with van der Waals surface area (Å²) in [6, 6.07) is 0.252. The number of nitrogens with one attached hydrogen (secondary N) is 1. The number of rotatable bonds is 2. The molecule has 1 unspecified atom stereocenters. The standard InChI is InChI=1S/C13H24N2O2/c1-12(2,3)17-11(16)14-10-5-8-15(9-10)13(4)6-7-13/h10H,5-9H2,1-4H3,(H,14,16). The average Bonchev–Trinajstić information content (AvgIpc) is 2.73. The highest BCUT2D eigenvalue weighted by atomic mass is 16.6. The summed E-state index contributed by atoms with van der Waals surface area (Å²) in [5, 5.41) is 2.96. The van der Waals surface area contributed by atoms with Crippen molar-refractivity contribution in [2.75, 3.05) is 13.1 Å². The maximum Gasteiger partial charge on any atom is 0.407 e. The second kappa shape index (κ2) is 4.16. The van der Waals surface area contributed by atoms with Gasteiger partial charge in [-0.25, -0.2) is 4.79 Å². The zero-order valence-electron chi connectivity index (χ0n) is 11.4. The summed E-state index contributed by atoms with van der Waals surface area (Å²) in [6.45, 7) is 10.0. The number of hydrogen-bond donors (Lipinski definition) is 1. The Bertz CT molecular complexity index is 305. The number of ether oxygens (including phenoxy) is 1. The van der Waals surface area contributed by atoms with Crippen LogP contribution in [0.3, 0.4) is 0 Å². The first kappa shape index (κ1) is 12.7. The Morgan fingerprint density at radius 3 is 2.59 bits per heavy atom. The van der Waals surface area contributed by atoms with Gasteiger partial charge in [-0.2, -0.15) is 0 Å². The van der Waals surface area contributed by atoms with E-state index >= 15 is 0 Å². The van der Waals surface area contributed by atoms with Crippen LogP contribution in [0.5, 0.6) is 0 Å². The molecule has 1 N–H and O–H groups in total. The van der Waals surface area contributed by atoms with Crippen LogP contribution < -0.4 is 5.32 Å². The fourth-order valence-corrected chi connectivity index (χ4v) is 2.34. The van der Waals surface area contributed by atoms with Crippen LogP contribution in [0.2, 0.25) is 0 Å². The van der Waals surface area contributed by atoms with Crippen molar-refractivity contribution in [1.29, 1.82) is 0 Å². The third kappa shape index (κ3) is 3.35. The van der Waals surface area contributed by atoms with Crippen molar-refractivity contribution in [3.63, 3.8) is 0 Å². The highest BCUT2D eigenvalue weighted by Crippen LogP contribution is 2.42. The van der Waals surface area contributed by atoms with E-state index in [0.717, 1.165) is 19.5 Å². The number of carbonyl (C=O) groups excluding carboxylic acids is 1. The number of amides is 1. The third-order valence-corrected chi connectivity index (χ3v) is 3.65. The highest BCUT2D eigenvalue weighted by molar-refractivity contribution is 5.68. The molecule has 1 amide bonds. The van der Waals surface area contributed by atoms with E-state index < -0.39 is 5.60 Å². The van der Waals surface area contributed by atoms with E-state index in [4.69, 9.17) is 4.74 Å². The Morgan fingerprint density at radius 1 is 1.41 bits per heavy atom. The van der Waals surface area contributed by atoms with E-state index in [-0.39, 0.29) is 12.1 Å². The zero-order chi connectivity index (χ0) is 12.7. The van der Waals surface area contributed by atoms with E-state index in [9.17, 15) is 4.79 Å². The maximum absolute atomic E-state index is 11.6. The Kier molecular flexibility index (Phi) is 3.10. The molecule has 2 aliphatic rings. The lowest BCUT2D eigenvalue weighted by Gasteiger charge is -2.24. The molecule has 1 saturated heterocycles. The Balaban J connectivity index is 1.76. The summed E-state index contributed by atoms with van der Waals surface area (Å²) in [5.74, 6) is 0. The number of nitrogens with zero attached hydrogens (tertiary/aromatic N) is 1. The van der Waals surface area contributed by atoms with Crippen molar-refractivity contribution < 1.29 is 9.53 Å². The van der Waals surface area contributed by atoms with Gasteiger partial charge in [0.2, 0.25) is 0 Å². The quantitative estimate of drug-likeness (QED) is 0.804. The molecule has 0 bridgehead atoms. The fraction of sp³-hybridized carbons (Fsp3) is 0.923. The molecule has 1 atom stereocenters. The van der Waals surface area contributed by atoms with Crippen molar-refractivity contribution >= 4 is 6.09 Å². The highest BCUT2D eigenvalue weighted by Gasteiger charge is 2.45. The van der Waals surface area contributed by atoms with Gasteiger partial charge in [0.15, 0.2) is 0 Å². The van der Waals surface area contributed by atoms with Crippen molar-refractivity contribution in [2.24, 2.45) is 0 Å². The van der Waals surface area contributed by atoms with Crippen LogP contribution in [-0.2, 0) is 4.74 Å². The Hall–Kier alpha value is -0.770. The number of alkyl carbamates (subject to hydrolysis) is 1. The summed E-state index contributed by atoms with van der Waals surface area (Å²) in [5.41, 5.74) is 0.00914. The van der Waals surface area contributed by atoms with Gasteiger partial charge in [-0.3, -0.25) is 4.90 Å². The van der Waals surface area contributed by atoms with Crippen LogP contribution in [0, 0.1) is 0 Å². The van der Waals surface area contributed by atoms with Crippen molar-refractivity contribution in [3.8, 4) is 0 Å². The molecular formula is C13H24N2O2. The van der Waals surface area contributed by atoms with Gasteiger partial charge in [-0.1, -0.05) is 0 Å². The molecule has 17 heavy (non-hydrogen) atoms. The molecule has 2 fully saturated rings. The monoisotopic (exact) mass is 240 g/mol. The largest absolute Gasteiger partial charge is 0.444 e. The molecule has 98 valence electrons. The molecule has 0 aromatic carbocycles. The Morgan fingerprint density at radius 2 is 2.06 bits per heavy atom. The van der Waals surface area contributed by atoms with Gasteiger partial charge in [0.25, 0.3) is 0 Å². The van der Waals surface area contributed by atoms with Crippen LogP contribution in [0.15, 0.2) is 0 Å². The van der Waals surface area contributed by atoms with Crippen molar-refractivity contribution in [3.05, 3.63) is 0 Å². The molecule has 0 aromatic heterocycles. The van der Waals surface area contributed by atoms with Gasteiger partial charge >= 0.3 is 6.09 Å². The molecule has 1 heterocycles. The van der Waals surface area contributed by atoms with E-state index in [1.54, 1.807) is 0 Å². The second-order valence-corrected chi connectivity index (χ2v) is 6.57. The summed E-state index contributed by atoms with van der Waals surface area (Å²) < 4.78 is 5.27. The molecule has 2 rings (SSSR count). The summed E-state index contributed by atoms with van der Waals surface area (Å²) in [7, 11) is 0. The third-order valence-electron chi connectivity index (χ3n) is 3.65. The lowest BCUT2D eigenvalue weighted by atomic mass is 10.2. The summed E-state index contributed by atoms with van der Waals surface area (Å²) >= 11 is 0. The minimum atomic E-state index is -0.412. The molecule has 4 heteroatoms. The van der Waals surface area contributed by atoms with E-state index in [1.165, 1.54) is 12.8 Å².